The van der Waals surface area contributed by atoms with Gasteiger partial charge in [-0.25, -0.2) is 0 Å². The molecule has 0 aromatic carbocycles. The number of amides is 1. The van der Waals surface area contributed by atoms with Crippen molar-refractivity contribution < 1.29 is 21.4 Å². The molecular weight excluding hydrogens is 290 g/mol. The molecule has 8 heteroatoms. The lowest BCUT2D eigenvalue weighted by molar-refractivity contribution is -0.116. The number of rotatable bonds is 11. The molecule has 0 atom stereocenters. The molecule has 1 amide bonds. The van der Waals surface area contributed by atoms with Crippen molar-refractivity contribution in [2.24, 2.45) is 0 Å². The Balaban J connectivity index is 3.46. The highest BCUT2D eigenvalue weighted by molar-refractivity contribution is 8.04. The molecule has 6 nitrogen and oxygen atoms in total. The first-order valence-corrected chi connectivity index (χ1v) is 8.39. The minimum Gasteiger partial charge on any atom is -0.353 e. The maximum atomic E-state index is 11.2. The highest BCUT2D eigenvalue weighted by Crippen LogP contribution is 2.07. The Hall–Kier alpha value is -0.570. The summed E-state index contributed by atoms with van der Waals surface area (Å²) in [6.45, 7) is 2.76. The lowest BCUT2D eigenvalue weighted by Gasteiger charge is -2.02. The van der Waals surface area contributed by atoms with Gasteiger partial charge in [-0.2, -0.15) is 12.0 Å². The van der Waals surface area contributed by atoms with Crippen molar-refractivity contribution in [2.45, 2.75) is 45.4 Å². The highest BCUT2D eigenvalue weighted by atomic mass is 32.3. The summed E-state index contributed by atoms with van der Waals surface area (Å²) in [4.78, 5) is 11.2. The van der Waals surface area contributed by atoms with Crippen molar-refractivity contribution in [3.63, 3.8) is 0 Å². The van der Waals surface area contributed by atoms with Crippen LogP contribution in [0.2, 0.25) is 0 Å². The predicted octanol–water partition coefficient (Wildman–Crippen LogP) is 2.44. The van der Waals surface area contributed by atoms with Gasteiger partial charge in [-0.15, -0.1) is 0 Å². The van der Waals surface area contributed by atoms with Crippen LogP contribution in [0.25, 0.3) is 0 Å². The molecule has 0 aliphatic carbocycles. The fraction of sp³-hybridized carbons (Fsp3) is 0.727. The third-order valence-corrected chi connectivity index (χ3v) is 3.48. The van der Waals surface area contributed by atoms with E-state index in [1.54, 1.807) is 0 Å². The largest absolute Gasteiger partial charge is 0.408 e. The predicted molar refractivity (Wildman–Crippen MR) is 75.8 cm³/mol. The summed E-state index contributed by atoms with van der Waals surface area (Å²) < 4.78 is 32.5. The maximum absolute atomic E-state index is 11.2. The van der Waals surface area contributed by atoms with E-state index in [1.807, 2.05) is 0 Å². The number of carbonyl (C=O) groups excluding carboxylic acids is 1. The smallest absolute Gasteiger partial charge is 0.353 e. The van der Waals surface area contributed by atoms with Crippen LogP contribution in [0.1, 0.15) is 45.4 Å². The van der Waals surface area contributed by atoms with Gasteiger partial charge in [0.25, 0.3) is 0 Å². The van der Waals surface area contributed by atoms with Gasteiger partial charge in [0.2, 0.25) is 5.91 Å². The zero-order valence-electron chi connectivity index (χ0n) is 11.0. The molecule has 0 bridgehead atoms. The van der Waals surface area contributed by atoms with Crippen molar-refractivity contribution in [3.05, 3.63) is 11.5 Å². The minimum absolute atomic E-state index is 0.319. The average molecular weight is 311 g/mol. The van der Waals surface area contributed by atoms with Gasteiger partial charge >= 0.3 is 10.4 Å². The van der Waals surface area contributed by atoms with Crippen LogP contribution in [0.3, 0.4) is 0 Å². The number of unbranched alkanes of at least 4 members (excludes halogenated alkanes) is 5. The van der Waals surface area contributed by atoms with Crippen molar-refractivity contribution in [3.8, 4) is 0 Å². The summed E-state index contributed by atoms with van der Waals surface area (Å²) >= 11 is 0.362. The van der Waals surface area contributed by atoms with Crippen molar-refractivity contribution >= 4 is 28.3 Å². The van der Waals surface area contributed by atoms with E-state index in [0.717, 1.165) is 24.3 Å². The lowest BCUT2D eigenvalue weighted by atomic mass is 10.1. The van der Waals surface area contributed by atoms with Gasteiger partial charge in [-0.1, -0.05) is 39.0 Å². The van der Waals surface area contributed by atoms with E-state index in [0.29, 0.717) is 18.6 Å². The van der Waals surface area contributed by atoms with Gasteiger partial charge < -0.3 is 5.32 Å². The second-order valence-corrected chi connectivity index (χ2v) is 5.82. The van der Waals surface area contributed by atoms with E-state index in [9.17, 15) is 13.2 Å². The fourth-order valence-electron chi connectivity index (χ4n) is 1.34. The molecule has 112 valence electrons. The second kappa shape index (κ2) is 11.3. The Bertz CT molecular complexity index is 367. The summed E-state index contributed by atoms with van der Waals surface area (Å²) in [6.07, 6.45) is 8.03. The molecule has 0 aliphatic heterocycles. The van der Waals surface area contributed by atoms with Gasteiger partial charge in [0.05, 0.1) is 0 Å². The lowest BCUT2D eigenvalue weighted by Crippen LogP contribution is -2.21. The monoisotopic (exact) mass is 311 g/mol. The molecule has 0 saturated heterocycles. The van der Waals surface area contributed by atoms with Crippen LogP contribution in [0.5, 0.6) is 0 Å². The number of nitrogens with one attached hydrogen (secondary N) is 1. The summed E-state index contributed by atoms with van der Waals surface area (Å²) in [5.41, 5.74) is 0. The molecule has 0 aromatic heterocycles. The van der Waals surface area contributed by atoms with Gasteiger partial charge in [-0.05, 0) is 6.42 Å². The minimum atomic E-state index is -4.47. The number of hydrogen-bond acceptors (Lipinski definition) is 5. The van der Waals surface area contributed by atoms with Crippen LogP contribution in [0.15, 0.2) is 11.5 Å². The van der Waals surface area contributed by atoms with Crippen LogP contribution < -0.4 is 5.32 Å². The Morgan fingerprint density at radius 3 is 2.53 bits per heavy atom. The molecule has 0 radical (unpaired) electrons. The third-order valence-electron chi connectivity index (χ3n) is 2.23. The molecule has 0 spiro atoms. The standard InChI is InChI=1S/C11H21NO5S2/c1-2-3-4-5-6-7-9-12-11(13)8-10-18-17-19(14,15)16/h8,10H,2-7,9H2,1H3,(H,12,13)(H,14,15,16). The normalized spacial score (nSPS) is 11.9. The molecule has 0 saturated carbocycles. The van der Waals surface area contributed by atoms with Crippen molar-refractivity contribution in [1.82, 2.24) is 5.32 Å². The first kappa shape index (κ1) is 18.4. The fourth-order valence-corrected chi connectivity index (χ4v) is 2.10. The second-order valence-electron chi connectivity index (χ2n) is 3.95. The van der Waals surface area contributed by atoms with Gasteiger partial charge in [0.15, 0.2) is 0 Å². The summed E-state index contributed by atoms with van der Waals surface area (Å²) in [5, 5.41) is 3.81. The van der Waals surface area contributed by atoms with Crippen LogP contribution in [0.4, 0.5) is 0 Å². The third kappa shape index (κ3) is 15.4. The van der Waals surface area contributed by atoms with Crippen molar-refractivity contribution in [1.29, 1.82) is 0 Å². The molecular formula is C11H21NO5S2. The summed E-state index contributed by atoms with van der Waals surface area (Å²) in [7, 11) is -4.47. The van der Waals surface area contributed by atoms with Gasteiger partial charge in [0, 0.05) is 30.1 Å². The van der Waals surface area contributed by atoms with Crippen LogP contribution in [0, 0.1) is 0 Å². The van der Waals surface area contributed by atoms with Crippen LogP contribution >= 0.6 is 12.0 Å². The molecule has 2 N–H and O–H groups in total. The quantitative estimate of drug-likeness (QED) is 0.263. The summed E-state index contributed by atoms with van der Waals surface area (Å²) in [5.74, 6) is -0.319. The van der Waals surface area contributed by atoms with E-state index in [4.69, 9.17) is 4.55 Å². The maximum Gasteiger partial charge on any atom is 0.408 e. The van der Waals surface area contributed by atoms with Gasteiger partial charge in [0.1, 0.15) is 0 Å². The van der Waals surface area contributed by atoms with Crippen LogP contribution in [-0.4, -0.2) is 25.4 Å². The van der Waals surface area contributed by atoms with E-state index in [-0.39, 0.29) is 5.91 Å². The molecule has 0 heterocycles. The first-order chi connectivity index (χ1) is 8.95. The molecule has 0 fully saturated rings. The topological polar surface area (TPSA) is 92.7 Å². The zero-order chi connectivity index (χ0) is 14.6. The average Bonchev–Trinajstić information content (AvgIpc) is 2.32. The Labute approximate surface area is 119 Å². The molecule has 19 heavy (non-hydrogen) atoms. The molecule has 0 rings (SSSR count). The van der Waals surface area contributed by atoms with E-state index < -0.39 is 10.4 Å². The van der Waals surface area contributed by atoms with E-state index in [1.165, 1.54) is 25.7 Å². The zero-order valence-corrected chi connectivity index (χ0v) is 12.6. The Morgan fingerprint density at radius 1 is 1.26 bits per heavy atom. The molecule has 0 aromatic rings. The van der Waals surface area contributed by atoms with Crippen LogP contribution in [-0.2, 0) is 18.8 Å². The first-order valence-electron chi connectivity index (χ1n) is 6.22. The number of carbonyl (C=O) groups is 1. The van der Waals surface area contributed by atoms with E-state index >= 15 is 0 Å². The molecule has 0 unspecified atom stereocenters. The highest BCUT2D eigenvalue weighted by Gasteiger charge is 2.02. The van der Waals surface area contributed by atoms with Crippen molar-refractivity contribution in [2.75, 3.05) is 6.54 Å². The SMILES string of the molecule is CCCCCCCCNC(=O)C=CSOS(=O)(=O)O. The number of hydrogen-bond donors (Lipinski definition) is 2. The van der Waals surface area contributed by atoms with E-state index in [2.05, 4.69) is 15.9 Å². The Kier molecular flexibility index (Phi) is 10.9. The van der Waals surface area contributed by atoms with Gasteiger partial charge in [-0.3, -0.25) is 9.35 Å². The summed E-state index contributed by atoms with van der Waals surface area (Å²) in [6, 6.07) is 0. The Morgan fingerprint density at radius 2 is 1.89 bits per heavy atom. The molecule has 0 aliphatic rings.